The topological polar surface area (TPSA) is 29.3 Å². The third-order valence-electron chi connectivity index (χ3n) is 3.96. The molecular weight excluding hydrogens is 184 g/mol. The summed E-state index contributed by atoms with van der Waals surface area (Å²) in [4.78, 5) is 2.73. The first-order chi connectivity index (χ1) is 7.33. The predicted molar refractivity (Wildman–Crippen MR) is 64.9 cm³/mol. The average Bonchev–Trinajstić information content (AvgIpc) is 3.02. The first-order valence-corrected chi connectivity index (χ1v) is 6.84. The summed E-state index contributed by atoms with van der Waals surface area (Å²) in [5.74, 6) is 0. The van der Waals surface area contributed by atoms with E-state index in [0.29, 0.717) is 12.1 Å². The van der Waals surface area contributed by atoms with Crippen LogP contribution in [0.3, 0.4) is 0 Å². The summed E-state index contributed by atoms with van der Waals surface area (Å²) in [7, 11) is 0. The van der Waals surface area contributed by atoms with Gasteiger partial charge in [-0.3, -0.25) is 4.90 Å². The zero-order valence-corrected chi connectivity index (χ0v) is 10.1. The van der Waals surface area contributed by atoms with E-state index in [0.717, 1.165) is 6.04 Å². The van der Waals surface area contributed by atoms with Crippen LogP contribution in [0, 0.1) is 0 Å². The highest BCUT2D eigenvalue weighted by Gasteiger charge is 2.35. The summed E-state index contributed by atoms with van der Waals surface area (Å²) in [6.07, 6.45) is 10.9. The van der Waals surface area contributed by atoms with Crippen LogP contribution in [0.5, 0.6) is 0 Å². The molecule has 2 aliphatic carbocycles. The van der Waals surface area contributed by atoms with Crippen molar-refractivity contribution < 1.29 is 0 Å². The van der Waals surface area contributed by atoms with Crippen molar-refractivity contribution in [3.63, 3.8) is 0 Å². The van der Waals surface area contributed by atoms with Gasteiger partial charge in [0.2, 0.25) is 0 Å². The molecule has 0 aromatic rings. The SMILES string of the molecule is CCCN(C1CC1)C1CCCCCC1N. The molecule has 0 saturated heterocycles. The van der Waals surface area contributed by atoms with Crippen molar-refractivity contribution in [1.82, 2.24) is 4.90 Å². The van der Waals surface area contributed by atoms with Crippen LogP contribution in [-0.4, -0.2) is 29.6 Å². The van der Waals surface area contributed by atoms with Gasteiger partial charge in [-0.1, -0.05) is 26.2 Å². The summed E-state index contributed by atoms with van der Waals surface area (Å²) in [5.41, 5.74) is 6.33. The molecule has 0 aliphatic heterocycles. The van der Waals surface area contributed by atoms with Gasteiger partial charge in [-0.2, -0.15) is 0 Å². The lowest BCUT2D eigenvalue weighted by Crippen LogP contribution is -2.48. The van der Waals surface area contributed by atoms with Crippen LogP contribution in [0.4, 0.5) is 0 Å². The normalized spacial score (nSPS) is 33.0. The number of hydrogen-bond acceptors (Lipinski definition) is 2. The lowest BCUT2D eigenvalue weighted by molar-refractivity contribution is 0.153. The quantitative estimate of drug-likeness (QED) is 0.722. The van der Waals surface area contributed by atoms with Gasteiger partial charge in [-0.15, -0.1) is 0 Å². The van der Waals surface area contributed by atoms with E-state index in [2.05, 4.69) is 11.8 Å². The third kappa shape index (κ3) is 2.94. The molecule has 2 saturated carbocycles. The van der Waals surface area contributed by atoms with E-state index in [1.807, 2.05) is 0 Å². The van der Waals surface area contributed by atoms with E-state index >= 15 is 0 Å². The van der Waals surface area contributed by atoms with E-state index in [4.69, 9.17) is 5.73 Å². The lowest BCUT2D eigenvalue weighted by Gasteiger charge is -2.34. The lowest BCUT2D eigenvalue weighted by atomic mass is 10.0. The number of nitrogens with zero attached hydrogens (tertiary/aromatic N) is 1. The highest BCUT2D eigenvalue weighted by Crippen LogP contribution is 2.32. The molecule has 15 heavy (non-hydrogen) atoms. The largest absolute Gasteiger partial charge is 0.326 e. The minimum atomic E-state index is 0.444. The fourth-order valence-corrected chi connectivity index (χ4v) is 3.01. The van der Waals surface area contributed by atoms with Gasteiger partial charge in [0.1, 0.15) is 0 Å². The third-order valence-corrected chi connectivity index (χ3v) is 3.96. The molecule has 0 aromatic heterocycles. The number of rotatable bonds is 4. The van der Waals surface area contributed by atoms with E-state index in [1.165, 1.54) is 57.9 Å². The fraction of sp³-hybridized carbons (Fsp3) is 1.00. The molecule has 2 rings (SSSR count). The van der Waals surface area contributed by atoms with Crippen LogP contribution in [-0.2, 0) is 0 Å². The summed E-state index contributed by atoms with van der Waals surface area (Å²) < 4.78 is 0. The van der Waals surface area contributed by atoms with Crippen LogP contribution >= 0.6 is 0 Å². The Hall–Kier alpha value is -0.0800. The summed E-state index contributed by atoms with van der Waals surface area (Å²) >= 11 is 0. The second-order valence-corrected chi connectivity index (χ2v) is 5.34. The fourth-order valence-electron chi connectivity index (χ4n) is 3.01. The highest BCUT2D eigenvalue weighted by atomic mass is 15.2. The van der Waals surface area contributed by atoms with Crippen LogP contribution in [0.1, 0.15) is 58.3 Å². The van der Waals surface area contributed by atoms with E-state index in [-0.39, 0.29) is 0 Å². The Morgan fingerprint density at radius 2 is 1.80 bits per heavy atom. The van der Waals surface area contributed by atoms with Crippen molar-refractivity contribution >= 4 is 0 Å². The molecule has 2 aliphatic rings. The van der Waals surface area contributed by atoms with Crippen LogP contribution in [0.25, 0.3) is 0 Å². The smallest absolute Gasteiger partial charge is 0.0250 e. The molecular formula is C13H26N2. The molecule has 0 bridgehead atoms. The van der Waals surface area contributed by atoms with Gasteiger partial charge in [0.15, 0.2) is 0 Å². The first kappa shape index (κ1) is 11.4. The van der Waals surface area contributed by atoms with Crippen LogP contribution in [0.15, 0.2) is 0 Å². The maximum atomic E-state index is 6.33. The highest BCUT2D eigenvalue weighted by molar-refractivity contribution is 4.93. The molecule has 2 N–H and O–H groups in total. The molecule has 2 atom stereocenters. The Morgan fingerprint density at radius 3 is 2.47 bits per heavy atom. The van der Waals surface area contributed by atoms with Crippen molar-refractivity contribution in [2.75, 3.05) is 6.54 Å². The van der Waals surface area contributed by atoms with Gasteiger partial charge in [-0.05, 0) is 38.6 Å². The number of nitrogens with two attached hydrogens (primary N) is 1. The zero-order chi connectivity index (χ0) is 10.7. The minimum absolute atomic E-state index is 0.444. The van der Waals surface area contributed by atoms with E-state index < -0.39 is 0 Å². The van der Waals surface area contributed by atoms with Crippen LogP contribution < -0.4 is 5.73 Å². The Labute approximate surface area is 94.2 Å². The minimum Gasteiger partial charge on any atom is -0.326 e. The van der Waals surface area contributed by atoms with Crippen molar-refractivity contribution in [2.24, 2.45) is 5.73 Å². The van der Waals surface area contributed by atoms with Crippen LogP contribution in [0.2, 0.25) is 0 Å². The molecule has 88 valence electrons. The van der Waals surface area contributed by atoms with E-state index in [1.54, 1.807) is 0 Å². The van der Waals surface area contributed by atoms with Gasteiger partial charge in [0, 0.05) is 18.1 Å². The Balaban J connectivity index is 1.96. The second kappa shape index (κ2) is 5.31. The molecule has 2 fully saturated rings. The molecule has 2 unspecified atom stereocenters. The molecule has 0 aromatic carbocycles. The van der Waals surface area contributed by atoms with E-state index in [9.17, 15) is 0 Å². The Bertz CT molecular complexity index is 189. The molecule has 0 heterocycles. The molecule has 2 heteroatoms. The summed E-state index contributed by atoms with van der Waals surface area (Å²) in [6.45, 7) is 3.56. The zero-order valence-electron chi connectivity index (χ0n) is 10.1. The average molecular weight is 210 g/mol. The maximum Gasteiger partial charge on any atom is 0.0250 e. The van der Waals surface area contributed by atoms with Crippen molar-refractivity contribution in [2.45, 2.75) is 76.4 Å². The second-order valence-electron chi connectivity index (χ2n) is 5.34. The van der Waals surface area contributed by atoms with Gasteiger partial charge >= 0.3 is 0 Å². The van der Waals surface area contributed by atoms with Gasteiger partial charge < -0.3 is 5.73 Å². The molecule has 2 nitrogen and oxygen atoms in total. The summed E-state index contributed by atoms with van der Waals surface area (Å²) in [5, 5.41) is 0. The van der Waals surface area contributed by atoms with Gasteiger partial charge in [0.25, 0.3) is 0 Å². The predicted octanol–water partition coefficient (Wildman–Crippen LogP) is 2.52. The van der Waals surface area contributed by atoms with Crippen molar-refractivity contribution in [1.29, 1.82) is 0 Å². The van der Waals surface area contributed by atoms with Gasteiger partial charge in [0.05, 0.1) is 0 Å². The summed E-state index contributed by atoms with van der Waals surface area (Å²) in [6, 6.07) is 2.03. The molecule has 0 spiro atoms. The monoisotopic (exact) mass is 210 g/mol. The standard InChI is InChI=1S/C13H26N2/c1-2-10-15(11-8-9-11)13-7-5-3-4-6-12(13)14/h11-13H,2-10,14H2,1H3. The first-order valence-electron chi connectivity index (χ1n) is 6.84. The molecule has 0 amide bonds. The Kier molecular flexibility index (Phi) is 4.04. The van der Waals surface area contributed by atoms with Crippen molar-refractivity contribution in [3.05, 3.63) is 0 Å². The maximum absolute atomic E-state index is 6.33. The van der Waals surface area contributed by atoms with Gasteiger partial charge in [-0.25, -0.2) is 0 Å². The number of hydrogen-bond donors (Lipinski definition) is 1. The Morgan fingerprint density at radius 1 is 1.07 bits per heavy atom. The van der Waals surface area contributed by atoms with Crippen molar-refractivity contribution in [3.8, 4) is 0 Å². The molecule has 0 radical (unpaired) electrons.